The van der Waals surface area contributed by atoms with E-state index < -0.39 is 0 Å². The number of amides is 1. The van der Waals surface area contributed by atoms with Crippen LogP contribution in [0.3, 0.4) is 0 Å². The fourth-order valence-electron chi connectivity index (χ4n) is 3.68. The Morgan fingerprint density at radius 3 is 2.67 bits per heavy atom. The van der Waals surface area contributed by atoms with E-state index in [4.69, 9.17) is 11.6 Å². The maximum absolute atomic E-state index is 12.5. The first-order chi connectivity index (χ1) is 10.1. The first kappa shape index (κ1) is 15.3. The Morgan fingerprint density at radius 2 is 2.00 bits per heavy atom. The molecule has 2 unspecified atom stereocenters. The summed E-state index contributed by atoms with van der Waals surface area (Å²) >= 11 is 9.58. The van der Waals surface area contributed by atoms with Gasteiger partial charge in [0.25, 0.3) is 5.91 Å². The molecule has 2 fully saturated rings. The van der Waals surface area contributed by atoms with E-state index in [1.54, 1.807) is 6.07 Å². The maximum atomic E-state index is 12.5. The zero-order valence-electron chi connectivity index (χ0n) is 12.1. The molecule has 1 aromatic carbocycles. The Bertz CT molecular complexity index is 537. The zero-order valence-corrected chi connectivity index (χ0v) is 14.5. The summed E-state index contributed by atoms with van der Waals surface area (Å²) in [6.45, 7) is 0. The van der Waals surface area contributed by atoms with E-state index in [-0.39, 0.29) is 11.9 Å². The van der Waals surface area contributed by atoms with Gasteiger partial charge in [0.05, 0.1) is 10.6 Å². The van der Waals surface area contributed by atoms with Gasteiger partial charge in [0.15, 0.2) is 0 Å². The molecule has 3 rings (SSSR count). The standard InChI is InChI=1S/C16H20BrClN2O/c1-20-11-4-2-5-12(20)9-10(8-11)19-16(21)13-6-3-7-14(17)15(13)18/h3,6-7,10-12H,2,4-5,8-9H2,1H3,(H,19,21). The molecular formula is C16H20BrClN2O. The van der Waals surface area contributed by atoms with Crippen molar-refractivity contribution in [3.8, 4) is 0 Å². The molecule has 2 bridgehead atoms. The summed E-state index contributed by atoms with van der Waals surface area (Å²) in [5, 5.41) is 3.67. The predicted octanol–water partition coefficient (Wildman–Crippen LogP) is 3.85. The lowest BCUT2D eigenvalue weighted by molar-refractivity contribution is 0.0463. The lowest BCUT2D eigenvalue weighted by Gasteiger charge is -2.47. The van der Waals surface area contributed by atoms with E-state index in [1.807, 2.05) is 12.1 Å². The molecule has 1 N–H and O–H groups in total. The third-order valence-electron chi connectivity index (χ3n) is 4.87. The number of carbonyl (C=O) groups is 1. The molecule has 2 heterocycles. The molecule has 114 valence electrons. The number of carbonyl (C=O) groups excluding carboxylic acids is 1. The Balaban J connectivity index is 1.69. The second-order valence-corrected chi connectivity index (χ2v) is 7.38. The van der Waals surface area contributed by atoms with Crippen LogP contribution in [0.5, 0.6) is 0 Å². The predicted molar refractivity (Wildman–Crippen MR) is 88.8 cm³/mol. The summed E-state index contributed by atoms with van der Waals surface area (Å²) in [7, 11) is 2.22. The molecule has 0 saturated carbocycles. The Kier molecular flexibility index (Phi) is 4.57. The molecule has 0 aromatic heterocycles. The average Bonchev–Trinajstić information content (AvgIpc) is 2.43. The van der Waals surface area contributed by atoms with Gasteiger partial charge in [-0.3, -0.25) is 4.79 Å². The van der Waals surface area contributed by atoms with Gasteiger partial charge in [0, 0.05) is 22.6 Å². The van der Waals surface area contributed by atoms with Gasteiger partial charge in [-0.1, -0.05) is 24.1 Å². The van der Waals surface area contributed by atoms with Crippen LogP contribution in [-0.2, 0) is 0 Å². The number of nitrogens with zero attached hydrogens (tertiary/aromatic N) is 1. The van der Waals surface area contributed by atoms with Gasteiger partial charge in [0.1, 0.15) is 0 Å². The zero-order chi connectivity index (χ0) is 15.0. The van der Waals surface area contributed by atoms with Gasteiger partial charge in [-0.25, -0.2) is 0 Å². The summed E-state index contributed by atoms with van der Waals surface area (Å²) in [5.41, 5.74) is 0.551. The van der Waals surface area contributed by atoms with Crippen molar-refractivity contribution in [1.29, 1.82) is 0 Å². The van der Waals surface area contributed by atoms with Crippen LogP contribution in [0.15, 0.2) is 22.7 Å². The van der Waals surface area contributed by atoms with Crippen molar-refractivity contribution in [2.75, 3.05) is 7.05 Å². The van der Waals surface area contributed by atoms with Crippen molar-refractivity contribution in [3.05, 3.63) is 33.3 Å². The molecule has 0 aliphatic carbocycles. The van der Waals surface area contributed by atoms with Crippen LogP contribution in [0.1, 0.15) is 42.5 Å². The highest BCUT2D eigenvalue weighted by Crippen LogP contribution is 2.33. The first-order valence-corrected chi connectivity index (χ1v) is 8.70. The third kappa shape index (κ3) is 3.13. The molecule has 1 aromatic rings. The van der Waals surface area contributed by atoms with Crippen molar-refractivity contribution in [2.45, 2.75) is 50.2 Å². The number of hydrogen-bond donors (Lipinski definition) is 1. The summed E-state index contributed by atoms with van der Waals surface area (Å²) in [6, 6.07) is 6.95. The lowest BCUT2D eigenvalue weighted by Crippen LogP contribution is -2.55. The van der Waals surface area contributed by atoms with E-state index in [0.717, 1.165) is 17.3 Å². The van der Waals surface area contributed by atoms with Gasteiger partial charge >= 0.3 is 0 Å². The maximum Gasteiger partial charge on any atom is 0.253 e. The number of rotatable bonds is 2. The number of nitrogens with one attached hydrogen (secondary N) is 1. The molecule has 21 heavy (non-hydrogen) atoms. The molecule has 2 saturated heterocycles. The highest BCUT2D eigenvalue weighted by molar-refractivity contribution is 9.10. The minimum absolute atomic E-state index is 0.0612. The van der Waals surface area contributed by atoms with Crippen molar-refractivity contribution >= 4 is 33.4 Å². The summed E-state index contributed by atoms with van der Waals surface area (Å²) in [4.78, 5) is 15.0. The SMILES string of the molecule is CN1C2CCCC1CC(NC(=O)c1cccc(Br)c1Cl)C2. The highest BCUT2D eigenvalue weighted by atomic mass is 79.9. The van der Waals surface area contributed by atoms with Gasteiger partial charge in [-0.15, -0.1) is 0 Å². The molecule has 5 heteroatoms. The van der Waals surface area contributed by atoms with Gasteiger partial charge in [-0.2, -0.15) is 0 Å². The second-order valence-electron chi connectivity index (χ2n) is 6.15. The van der Waals surface area contributed by atoms with Crippen LogP contribution >= 0.6 is 27.5 Å². The van der Waals surface area contributed by atoms with Gasteiger partial charge in [-0.05, 0) is 60.8 Å². The van der Waals surface area contributed by atoms with Crippen LogP contribution in [0, 0.1) is 0 Å². The van der Waals surface area contributed by atoms with Crippen LogP contribution in [-0.4, -0.2) is 36.0 Å². The van der Waals surface area contributed by atoms with Crippen LogP contribution < -0.4 is 5.32 Å². The molecular weight excluding hydrogens is 352 g/mol. The number of benzene rings is 1. The van der Waals surface area contributed by atoms with Gasteiger partial charge < -0.3 is 10.2 Å². The van der Waals surface area contributed by atoms with Crippen molar-refractivity contribution in [1.82, 2.24) is 10.2 Å². The largest absolute Gasteiger partial charge is 0.349 e. The highest BCUT2D eigenvalue weighted by Gasteiger charge is 2.36. The fourth-order valence-corrected chi connectivity index (χ4v) is 4.25. The van der Waals surface area contributed by atoms with Crippen molar-refractivity contribution < 1.29 is 4.79 Å². The Hall–Kier alpha value is -0.580. The Labute approximate surface area is 139 Å². The monoisotopic (exact) mass is 370 g/mol. The molecule has 1 amide bonds. The third-order valence-corrected chi connectivity index (χ3v) is 6.17. The van der Waals surface area contributed by atoms with Crippen molar-refractivity contribution in [2.24, 2.45) is 0 Å². The summed E-state index contributed by atoms with van der Waals surface area (Å²) in [5.74, 6) is -0.0612. The normalized spacial score (nSPS) is 29.2. The molecule has 2 aliphatic rings. The molecule has 0 radical (unpaired) electrons. The quantitative estimate of drug-likeness (QED) is 0.856. The van der Waals surface area contributed by atoms with E-state index >= 15 is 0 Å². The first-order valence-electron chi connectivity index (χ1n) is 7.53. The van der Waals surface area contributed by atoms with Crippen LogP contribution in [0.4, 0.5) is 0 Å². The molecule has 0 spiro atoms. The summed E-state index contributed by atoms with van der Waals surface area (Å²) < 4.78 is 0.761. The fraction of sp³-hybridized carbons (Fsp3) is 0.562. The van der Waals surface area contributed by atoms with Crippen LogP contribution in [0.25, 0.3) is 0 Å². The number of halogens is 2. The molecule has 2 atom stereocenters. The number of piperidine rings is 2. The van der Waals surface area contributed by atoms with E-state index in [9.17, 15) is 4.79 Å². The minimum Gasteiger partial charge on any atom is -0.349 e. The van der Waals surface area contributed by atoms with E-state index in [2.05, 4.69) is 33.2 Å². The minimum atomic E-state index is -0.0612. The van der Waals surface area contributed by atoms with Gasteiger partial charge in [0.2, 0.25) is 0 Å². The second kappa shape index (κ2) is 6.27. The summed E-state index contributed by atoms with van der Waals surface area (Å²) in [6.07, 6.45) is 5.90. The van der Waals surface area contributed by atoms with E-state index in [0.29, 0.717) is 22.7 Å². The lowest BCUT2D eigenvalue weighted by atomic mass is 9.82. The van der Waals surface area contributed by atoms with Crippen LogP contribution in [0.2, 0.25) is 5.02 Å². The topological polar surface area (TPSA) is 32.3 Å². The molecule has 3 nitrogen and oxygen atoms in total. The van der Waals surface area contributed by atoms with Crippen molar-refractivity contribution in [3.63, 3.8) is 0 Å². The number of fused-ring (bicyclic) bond motifs is 2. The van der Waals surface area contributed by atoms with E-state index in [1.165, 1.54) is 19.3 Å². The Morgan fingerprint density at radius 1 is 1.33 bits per heavy atom. The molecule has 2 aliphatic heterocycles. The average molecular weight is 372 g/mol. The smallest absolute Gasteiger partial charge is 0.253 e. The number of hydrogen-bond acceptors (Lipinski definition) is 2.